The van der Waals surface area contributed by atoms with Gasteiger partial charge in [0, 0.05) is 37.1 Å². The zero-order valence-corrected chi connectivity index (χ0v) is 17.0. The molecule has 2 N–H and O–H groups in total. The van der Waals surface area contributed by atoms with E-state index in [0.29, 0.717) is 0 Å². The van der Waals surface area contributed by atoms with Crippen LogP contribution in [-0.4, -0.2) is 39.8 Å². The van der Waals surface area contributed by atoms with Crippen molar-refractivity contribution < 1.29 is 4.79 Å². The van der Waals surface area contributed by atoms with Crippen LogP contribution in [0.25, 0.3) is 15.8 Å². The van der Waals surface area contributed by atoms with Crippen molar-refractivity contribution >= 4 is 33.0 Å². The predicted molar refractivity (Wildman–Crippen MR) is 118 cm³/mol. The summed E-state index contributed by atoms with van der Waals surface area (Å²) in [5, 5.41) is 1.04. The van der Waals surface area contributed by atoms with Crippen molar-refractivity contribution in [2.75, 3.05) is 13.1 Å². The van der Waals surface area contributed by atoms with E-state index in [0.717, 1.165) is 57.3 Å². The van der Waals surface area contributed by atoms with Crippen molar-refractivity contribution in [3.8, 4) is 0 Å². The molecule has 1 aromatic carbocycles. The minimum Gasteiger partial charge on any atom is -0.369 e. The van der Waals surface area contributed by atoms with Gasteiger partial charge in [-0.05, 0) is 54.8 Å². The van der Waals surface area contributed by atoms with Gasteiger partial charge in [-0.15, -0.1) is 11.3 Å². The molecule has 0 spiro atoms. The normalized spacial score (nSPS) is 23.4. The number of nitrogens with zero attached hydrogens (tertiary/aromatic N) is 3. The van der Waals surface area contributed by atoms with Crippen LogP contribution in [0.1, 0.15) is 17.0 Å². The number of fused-ring (bicyclic) bond motifs is 2. The van der Waals surface area contributed by atoms with E-state index in [1.807, 2.05) is 49.6 Å². The Morgan fingerprint density at radius 2 is 2.07 bits per heavy atom. The number of amides is 1. The van der Waals surface area contributed by atoms with Gasteiger partial charge in [0.1, 0.15) is 0 Å². The third-order valence-electron chi connectivity index (χ3n) is 5.44. The number of likely N-dealkylation sites (tertiary alicyclic amines) is 1. The minimum absolute atomic E-state index is 0.0541. The lowest BCUT2D eigenvalue weighted by atomic mass is 10.0. The number of rotatable bonds is 2. The molecule has 0 saturated carbocycles. The molecular weight excluding hydrogens is 380 g/mol. The van der Waals surface area contributed by atoms with E-state index in [9.17, 15) is 4.79 Å². The summed E-state index contributed by atoms with van der Waals surface area (Å²) in [7, 11) is 0. The van der Waals surface area contributed by atoms with Gasteiger partial charge in [-0.2, -0.15) is 0 Å². The van der Waals surface area contributed by atoms with Crippen molar-refractivity contribution in [1.29, 1.82) is 0 Å². The second kappa shape index (κ2) is 7.13. The molecule has 0 radical (unpaired) electrons. The van der Waals surface area contributed by atoms with Crippen LogP contribution >= 0.6 is 11.3 Å². The molecule has 1 fully saturated rings. The summed E-state index contributed by atoms with van der Waals surface area (Å²) in [6.07, 6.45) is 14.6. The largest absolute Gasteiger partial charge is 0.369 e. The van der Waals surface area contributed by atoms with E-state index in [-0.39, 0.29) is 11.9 Å². The predicted octanol–water partition coefficient (Wildman–Crippen LogP) is 3.71. The number of carbonyl (C=O) groups excluding carboxylic acids is 1. The molecule has 4 heterocycles. The van der Waals surface area contributed by atoms with Crippen LogP contribution in [0.5, 0.6) is 0 Å². The van der Waals surface area contributed by atoms with Gasteiger partial charge in [0.15, 0.2) is 0 Å². The van der Waals surface area contributed by atoms with Crippen LogP contribution in [-0.2, 0) is 4.79 Å². The Hall–Kier alpha value is -2.96. The molecule has 1 unspecified atom stereocenters. The average Bonchev–Trinajstić information content (AvgIpc) is 3.29. The zero-order valence-electron chi connectivity index (χ0n) is 16.2. The molecule has 5 rings (SSSR count). The number of aromatic nitrogens is 1. The molecule has 1 atom stereocenters. The smallest absolute Gasteiger partial charge is 0.255 e. The molecule has 3 aliphatic rings. The summed E-state index contributed by atoms with van der Waals surface area (Å²) >= 11 is 1.67. The first kappa shape index (κ1) is 18.1. The van der Waals surface area contributed by atoms with Crippen LogP contribution in [0.2, 0.25) is 0 Å². The van der Waals surface area contributed by atoms with Crippen LogP contribution in [0, 0.1) is 6.92 Å². The molecule has 1 saturated heterocycles. The standard InChI is InChI=1S/C23H22N4OS/c1-15-25-21-8-5-17(11-22(21)29-15)16-3-2-4-19-6-7-20(14-27(19)23(28)12-16)26-10-9-18(24)13-26/h2-8,11-12,14,18H,9-10,13,24H2,1H3/b3-2?,16-12?,19-4+. The Morgan fingerprint density at radius 1 is 1.21 bits per heavy atom. The van der Waals surface area contributed by atoms with E-state index in [2.05, 4.69) is 22.0 Å². The first-order valence-corrected chi connectivity index (χ1v) is 10.6. The molecule has 3 aliphatic heterocycles. The molecule has 0 aliphatic carbocycles. The molecule has 6 heteroatoms. The number of thiazole rings is 1. The zero-order chi connectivity index (χ0) is 20.0. The highest BCUT2D eigenvalue weighted by Gasteiger charge is 2.24. The van der Waals surface area contributed by atoms with Gasteiger partial charge in [0.25, 0.3) is 5.91 Å². The number of hydrogen-bond acceptors (Lipinski definition) is 5. The fourth-order valence-electron chi connectivity index (χ4n) is 3.94. The average molecular weight is 403 g/mol. The third kappa shape index (κ3) is 3.45. The van der Waals surface area contributed by atoms with E-state index in [1.54, 1.807) is 22.3 Å². The number of allylic oxidation sites excluding steroid dienone is 6. The summed E-state index contributed by atoms with van der Waals surface area (Å²) < 4.78 is 1.13. The monoisotopic (exact) mass is 402 g/mol. The Balaban J connectivity index is 1.49. The Morgan fingerprint density at radius 3 is 2.90 bits per heavy atom. The van der Waals surface area contributed by atoms with Gasteiger partial charge in [-0.1, -0.05) is 18.2 Å². The highest BCUT2D eigenvalue weighted by Crippen LogP contribution is 2.29. The summed E-state index contributed by atoms with van der Waals surface area (Å²) in [5.41, 5.74) is 10.9. The Labute approximate surface area is 173 Å². The van der Waals surface area contributed by atoms with Gasteiger partial charge in [-0.3, -0.25) is 9.69 Å². The highest BCUT2D eigenvalue weighted by molar-refractivity contribution is 7.18. The lowest BCUT2D eigenvalue weighted by Crippen LogP contribution is -2.31. The summed E-state index contributed by atoms with van der Waals surface area (Å²) in [6.45, 7) is 3.76. The number of nitrogens with two attached hydrogens (primary N) is 1. The number of aryl methyl sites for hydroxylation is 1. The summed E-state index contributed by atoms with van der Waals surface area (Å²) in [4.78, 5) is 21.6. The van der Waals surface area contributed by atoms with Gasteiger partial charge in [0.05, 0.1) is 20.9 Å². The maximum Gasteiger partial charge on any atom is 0.255 e. The van der Waals surface area contributed by atoms with Crippen LogP contribution in [0.3, 0.4) is 0 Å². The first-order chi connectivity index (χ1) is 14.1. The highest BCUT2D eigenvalue weighted by atomic mass is 32.1. The molecule has 5 nitrogen and oxygen atoms in total. The Bertz CT molecular complexity index is 1150. The van der Waals surface area contributed by atoms with Gasteiger partial charge in [-0.25, -0.2) is 4.98 Å². The topological polar surface area (TPSA) is 62.5 Å². The third-order valence-corrected chi connectivity index (χ3v) is 6.38. The van der Waals surface area contributed by atoms with Gasteiger partial charge >= 0.3 is 0 Å². The van der Waals surface area contributed by atoms with Gasteiger partial charge < -0.3 is 10.6 Å². The van der Waals surface area contributed by atoms with Crippen LogP contribution in [0.15, 0.2) is 72.2 Å². The second-order valence-electron chi connectivity index (χ2n) is 7.56. The SMILES string of the molecule is Cc1nc2ccc(C3=CC(=O)N4C=C(N5CCC(N)C5)C=C/C4=C\C=C3)cc2s1. The first-order valence-electron chi connectivity index (χ1n) is 9.78. The van der Waals surface area contributed by atoms with Crippen molar-refractivity contribution in [1.82, 2.24) is 14.8 Å². The lowest BCUT2D eigenvalue weighted by molar-refractivity contribution is -0.122. The second-order valence-corrected chi connectivity index (χ2v) is 8.79. The van der Waals surface area contributed by atoms with Crippen LogP contribution < -0.4 is 5.73 Å². The molecule has 2 aromatic rings. The van der Waals surface area contributed by atoms with Crippen LogP contribution in [0.4, 0.5) is 0 Å². The minimum atomic E-state index is -0.0541. The fourth-order valence-corrected chi connectivity index (χ4v) is 4.80. The maximum atomic E-state index is 13.1. The molecule has 146 valence electrons. The molecule has 29 heavy (non-hydrogen) atoms. The van der Waals surface area contributed by atoms with Gasteiger partial charge in [0.2, 0.25) is 0 Å². The van der Waals surface area contributed by atoms with Crippen molar-refractivity contribution in [2.45, 2.75) is 19.4 Å². The number of benzene rings is 1. The summed E-state index contributed by atoms with van der Waals surface area (Å²) in [6, 6.07) is 6.36. The lowest BCUT2D eigenvalue weighted by Gasteiger charge is -2.28. The maximum absolute atomic E-state index is 13.1. The number of hydrogen-bond donors (Lipinski definition) is 1. The van der Waals surface area contributed by atoms with E-state index in [4.69, 9.17) is 5.73 Å². The molecule has 1 aromatic heterocycles. The molecular formula is C23H22N4OS. The Kier molecular flexibility index (Phi) is 4.45. The van der Waals surface area contributed by atoms with E-state index >= 15 is 0 Å². The van der Waals surface area contributed by atoms with E-state index < -0.39 is 0 Å². The fraction of sp³-hybridized carbons (Fsp3) is 0.217. The van der Waals surface area contributed by atoms with E-state index in [1.165, 1.54) is 0 Å². The quantitative estimate of drug-likeness (QED) is 0.832. The molecule has 0 bridgehead atoms. The summed E-state index contributed by atoms with van der Waals surface area (Å²) in [5.74, 6) is -0.0541. The van der Waals surface area contributed by atoms with Crippen molar-refractivity contribution in [3.63, 3.8) is 0 Å². The van der Waals surface area contributed by atoms with Crippen molar-refractivity contribution in [2.24, 2.45) is 5.73 Å². The van der Waals surface area contributed by atoms with Crippen molar-refractivity contribution in [3.05, 3.63) is 82.8 Å². The molecule has 1 amide bonds. The number of carbonyl (C=O) groups is 1.